The summed E-state index contributed by atoms with van der Waals surface area (Å²) in [6.07, 6.45) is 6.67. The number of fused-ring (bicyclic) bond motifs is 12. The third kappa shape index (κ3) is 7.16. The molecule has 0 saturated carbocycles. The molecule has 12 rings (SSSR count). The van der Waals surface area contributed by atoms with Crippen molar-refractivity contribution in [1.82, 2.24) is 49.0 Å². The van der Waals surface area contributed by atoms with E-state index in [-0.39, 0.29) is 153 Å². The van der Waals surface area contributed by atoms with Gasteiger partial charge in [0.15, 0.2) is 21.7 Å². The maximum atomic E-state index is 11.3. The third-order valence-corrected chi connectivity index (χ3v) is 14.0. The number of rotatable bonds is 10. The van der Waals surface area contributed by atoms with Crippen LogP contribution < -0.4 is 129 Å². The monoisotopic (exact) mass is 992 g/mol. The van der Waals surface area contributed by atoms with Gasteiger partial charge < -0.3 is 34.4 Å². The van der Waals surface area contributed by atoms with Crippen LogP contribution in [0.4, 0.5) is 11.6 Å². The second kappa shape index (κ2) is 17.0. The van der Waals surface area contributed by atoms with E-state index in [0.717, 1.165) is 0 Å². The van der Waals surface area contributed by atoms with E-state index in [2.05, 4.69) is 29.9 Å². The van der Waals surface area contributed by atoms with Crippen LogP contribution in [0.25, 0.3) is 21.8 Å². The van der Waals surface area contributed by atoms with Crippen molar-refractivity contribution < 1.29 is 153 Å². The minimum atomic E-state index is -4.39. The van der Waals surface area contributed by atoms with Crippen molar-refractivity contribution in [3.63, 3.8) is 0 Å². The summed E-state index contributed by atoms with van der Waals surface area (Å²) < 4.78 is 75.3. The number of aromatic nitrogens is 10. The van der Waals surface area contributed by atoms with Crippen LogP contribution >= 0.6 is 23.5 Å². The zero-order valence-corrected chi connectivity index (χ0v) is 46.0. The minimum absolute atomic E-state index is 0. The molecule has 0 saturated heterocycles. The van der Waals surface area contributed by atoms with E-state index >= 15 is 0 Å². The Kier molecular flexibility index (Phi) is 13.0. The van der Waals surface area contributed by atoms with Gasteiger partial charge >= 0.3 is 124 Å². The van der Waals surface area contributed by atoms with Gasteiger partial charge in [0.25, 0.3) is 23.3 Å². The average molecular weight is 993 g/mol. The van der Waals surface area contributed by atoms with Crippen LogP contribution in [0.15, 0.2) is 65.4 Å². The molecule has 0 N–H and O–H groups in total. The van der Waals surface area contributed by atoms with Crippen molar-refractivity contribution >= 4 is 126 Å². The first kappa shape index (κ1) is 48.1. The summed E-state index contributed by atoms with van der Waals surface area (Å²) in [7, 11) is -8.79. The minimum Gasteiger partial charge on any atom is -0.748 e. The Bertz CT molecular complexity index is 3590. The third-order valence-electron chi connectivity index (χ3n) is 10.2. The molecule has 22 nitrogen and oxygen atoms in total. The first-order valence-electron chi connectivity index (χ1n) is 17.3. The predicted molar refractivity (Wildman–Crippen MR) is 207 cm³/mol. The van der Waals surface area contributed by atoms with E-state index in [1.807, 2.05) is 18.3 Å². The van der Waals surface area contributed by atoms with Crippen LogP contribution in [-0.2, 0) is 51.4 Å². The molecule has 12 heterocycles. The summed E-state index contributed by atoms with van der Waals surface area (Å²) in [5.41, 5.74) is 3.59. The van der Waals surface area contributed by atoms with Crippen molar-refractivity contribution in [2.24, 2.45) is 20.0 Å². The van der Waals surface area contributed by atoms with Gasteiger partial charge in [-0.05, 0) is 12.8 Å². The number of hydrogen-bond donors (Lipinski definition) is 0. The molecule has 6 aromatic heterocycles. The molecule has 6 aliphatic rings. The Balaban J connectivity index is 0.00000136. The second-order valence-corrected chi connectivity index (χ2v) is 19.5. The van der Waals surface area contributed by atoms with Gasteiger partial charge in [0.1, 0.15) is 22.2 Å². The van der Waals surface area contributed by atoms with E-state index in [0.29, 0.717) is 101 Å². The van der Waals surface area contributed by atoms with Gasteiger partial charge in [-0.1, -0.05) is 43.5 Å². The fourth-order valence-electron chi connectivity index (χ4n) is 8.03. The molecule has 0 aliphatic carbocycles. The van der Waals surface area contributed by atoms with E-state index in [4.69, 9.17) is 55.2 Å². The van der Waals surface area contributed by atoms with Crippen LogP contribution in [0.5, 0.6) is 0 Å². The molecule has 0 amide bonds. The molecular formula is C31H16N16Na4O6S6+2. The van der Waals surface area contributed by atoms with Crippen LogP contribution in [0, 0.1) is 0 Å². The van der Waals surface area contributed by atoms with Crippen molar-refractivity contribution in [3.8, 4) is 0 Å². The van der Waals surface area contributed by atoms with Crippen LogP contribution in [0.1, 0.15) is 35.4 Å². The topological polar surface area (TPSA) is 283 Å². The Morgan fingerprint density at radius 2 is 1.19 bits per heavy atom. The summed E-state index contributed by atoms with van der Waals surface area (Å²) in [6.45, 7) is 0. The van der Waals surface area contributed by atoms with Crippen LogP contribution in [0.3, 0.4) is 0 Å². The maximum Gasteiger partial charge on any atom is 1.00 e. The van der Waals surface area contributed by atoms with Crippen molar-refractivity contribution in [2.75, 3.05) is 23.0 Å². The van der Waals surface area contributed by atoms with Gasteiger partial charge in [0.2, 0.25) is 22.6 Å². The fourth-order valence-corrected chi connectivity index (χ4v) is 11.2. The van der Waals surface area contributed by atoms with Crippen LogP contribution in [-0.4, -0.2) is 130 Å². The molecule has 0 aromatic carbocycles. The zero-order valence-electron chi connectivity index (χ0n) is 33.1. The fraction of sp³-hybridized carbons (Fsp3) is 0.226. The quantitative estimate of drug-likeness (QED) is 0.0234. The van der Waals surface area contributed by atoms with Crippen molar-refractivity contribution in [2.45, 2.75) is 39.4 Å². The average Bonchev–Trinajstić information content (AvgIpc) is 3.89. The molecule has 6 aromatic rings. The van der Waals surface area contributed by atoms with Gasteiger partial charge in [0.05, 0.1) is 31.0 Å². The molecule has 32 heteroatoms. The normalized spacial score (nSPS) is 17.5. The van der Waals surface area contributed by atoms with Crippen molar-refractivity contribution in [1.29, 1.82) is 0 Å². The molecule has 0 radical (unpaired) electrons. The molecule has 294 valence electrons. The largest absolute Gasteiger partial charge is 1.00 e. The first-order valence-corrected chi connectivity index (χ1v) is 23.3. The van der Waals surface area contributed by atoms with Gasteiger partial charge in [-0.3, -0.25) is 15.0 Å². The second-order valence-electron chi connectivity index (χ2n) is 13.6. The molecule has 0 bridgehead atoms. The summed E-state index contributed by atoms with van der Waals surface area (Å²) in [4.78, 5) is 58.1. The van der Waals surface area contributed by atoms with E-state index < -0.39 is 37.7 Å². The Hall–Kier alpha value is -1.36. The molecular weight excluding hydrogens is 977 g/mol. The molecule has 0 unspecified atom stereocenters. The first-order chi connectivity index (χ1) is 28.3. The van der Waals surface area contributed by atoms with E-state index in [1.54, 1.807) is 24.8 Å². The molecule has 0 fully saturated rings. The van der Waals surface area contributed by atoms with Crippen molar-refractivity contribution in [3.05, 3.63) is 58.3 Å². The molecule has 1 spiro atoms. The summed E-state index contributed by atoms with van der Waals surface area (Å²) >= 11 is 13.3. The maximum absolute atomic E-state index is 11.3. The number of amidine groups is 4. The number of thioether (sulfide) groups is 2. The zero-order chi connectivity index (χ0) is 40.3. The summed E-state index contributed by atoms with van der Waals surface area (Å²) in [5, 5.41) is 1.91. The summed E-state index contributed by atoms with van der Waals surface area (Å²) in [6, 6.07) is 0. The van der Waals surface area contributed by atoms with E-state index in [1.165, 1.54) is 23.5 Å². The smallest absolute Gasteiger partial charge is 0.748 e. The van der Waals surface area contributed by atoms with Gasteiger partial charge in [0, 0.05) is 58.1 Å². The SMILES string of the molecule is O=S(=O)([O-])CCCSc1ncc2c(n1)C1=[N+]3C2=Nc2c4nc(SCCCS(=O)(=O)[O-])ncc4c4n2[C@@]32n3c(c5cnc([S-])nc5c3=NC3=[N+]2C(=N4)c2nc([S-])ncc23)=N1.[Na+].[Na+].[Na+].[Na+]. The Morgan fingerprint density at radius 3 is 1.90 bits per heavy atom. The van der Waals surface area contributed by atoms with E-state index in [9.17, 15) is 25.9 Å². The summed E-state index contributed by atoms with van der Waals surface area (Å²) in [5.74, 6) is 0.348. The molecule has 6 aliphatic heterocycles. The Labute approximate surface area is 462 Å². The van der Waals surface area contributed by atoms with Gasteiger partial charge in [-0.25, -0.2) is 41.8 Å². The van der Waals surface area contributed by atoms with Gasteiger partial charge in [-0.15, -0.1) is 9.15 Å². The number of aliphatic imine (C=N–C) groups is 2. The number of hydrogen-bond acceptors (Lipinski definition) is 22. The predicted octanol–water partition coefficient (Wildman–Crippen LogP) is -13.2. The standard InChI is InChI=1S/C31H18N16O6S6.4Na/c48-58(49,50)5-1-3-56-29-34-9-13-17(38-29)26-43-22-14-10-35-30(57-4-2-6-59(51,52)53)39-18(14)25-42-20-12-8-33-28(55)37-16(12)23-40-19-11-7-32-27(54)36-15(11)24-41-21(13)46(26)31(44(19)24,45(20)23)47(22)25;;;;/h7-10H,1-6H2,(H,48,49,50)(H,51,52,53);;;;/q;4*+1/p-2/t31-;;;;/m1..../s1. The molecule has 63 heavy (non-hydrogen) atoms. The number of nitrogens with zero attached hydrogens (tertiary/aromatic N) is 16. The van der Waals surface area contributed by atoms with Gasteiger partial charge in [-0.2, -0.15) is 9.13 Å². The molecule has 1 atom stereocenters. The Morgan fingerprint density at radius 1 is 0.603 bits per heavy atom. The van der Waals surface area contributed by atoms with Crippen LogP contribution in [0.2, 0.25) is 0 Å².